The normalized spacial score (nSPS) is 47.2. The fraction of sp³-hybridized carbons (Fsp3) is 0.652. The van der Waals surface area contributed by atoms with Crippen LogP contribution in [-0.2, 0) is 11.8 Å². The molecule has 2 heterocycles. The van der Waals surface area contributed by atoms with Crippen molar-refractivity contribution < 1.29 is 9.84 Å². The highest BCUT2D eigenvalue weighted by molar-refractivity contribution is 5.64. The predicted molar refractivity (Wildman–Crippen MR) is 99.5 cm³/mol. The van der Waals surface area contributed by atoms with Crippen LogP contribution in [0.3, 0.4) is 0 Å². The number of phenols is 1. The van der Waals surface area contributed by atoms with Crippen molar-refractivity contribution in [2.45, 2.75) is 63.0 Å². The van der Waals surface area contributed by atoms with Crippen molar-refractivity contribution in [3.63, 3.8) is 0 Å². The predicted octanol–water partition coefficient (Wildman–Crippen LogP) is 3.79. The second kappa shape index (κ2) is 4.01. The molecule has 3 nitrogen and oxygen atoms in total. The summed E-state index contributed by atoms with van der Waals surface area (Å²) in [6.45, 7) is 9.55. The maximum atomic E-state index is 10.6. The number of phenolic OH excluding ortho intramolecular Hbond substituents is 1. The minimum absolute atomic E-state index is 0.0347. The standard InChI is InChI=1S/C23H27NO2/c1-13-7-8-21(2)20-22(12-24(20)10-14-3-4-14)9-15-5-6-16(25)18-17(15)23(21,11-22)19(13)26-18/h5-6,14,19-20,25H,1,3-4,7-12H2,2H3. The van der Waals surface area contributed by atoms with Gasteiger partial charge in [0.15, 0.2) is 11.5 Å². The Morgan fingerprint density at radius 1 is 1.35 bits per heavy atom. The summed E-state index contributed by atoms with van der Waals surface area (Å²) < 4.78 is 6.51. The van der Waals surface area contributed by atoms with Gasteiger partial charge in [0.05, 0.1) is 0 Å². The second-order valence-electron chi connectivity index (χ2n) is 10.5. The van der Waals surface area contributed by atoms with Gasteiger partial charge in [-0.05, 0) is 67.1 Å². The molecular formula is C23H27NO2. The Hall–Kier alpha value is -1.48. The van der Waals surface area contributed by atoms with Gasteiger partial charge in [0, 0.05) is 35.5 Å². The summed E-state index contributed by atoms with van der Waals surface area (Å²) in [6, 6.07) is 4.72. The summed E-state index contributed by atoms with van der Waals surface area (Å²) in [5, 5.41) is 10.6. The summed E-state index contributed by atoms with van der Waals surface area (Å²) in [4.78, 5) is 2.83. The Labute approximate surface area is 155 Å². The van der Waals surface area contributed by atoms with Gasteiger partial charge in [-0.2, -0.15) is 0 Å². The van der Waals surface area contributed by atoms with E-state index in [9.17, 15) is 5.11 Å². The first-order valence-electron chi connectivity index (χ1n) is 10.4. The van der Waals surface area contributed by atoms with Crippen LogP contribution >= 0.6 is 0 Å². The topological polar surface area (TPSA) is 32.7 Å². The molecule has 1 aromatic carbocycles. The van der Waals surface area contributed by atoms with Crippen LogP contribution in [0.1, 0.15) is 50.2 Å². The summed E-state index contributed by atoms with van der Waals surface area (Å²) in [7, 11) is 0. The third kappa shape index (κ3) is 1.30. The number of ether oxygens (including phenoxy) is 1. The molecule has 0 radical (unpaired) electrons. The zero-order valence-electron chi connectivity index (χ0n) is 15.6. The van der Waals surface area contributed by atoms with E-state index in [0.717, 1.165) is 18.1 Å². The molecule has 1 saturated heterocycles. The SMILES string of the molecule is C=C1CCC2(C)C3N(CC4CC4)CC34Cc3ccc(O)c5c3C2(C4)C1O5. The van der Waals surface area contributed by atoms with E-state index in [4.69, 9.17) is 4.74 Å². The minimum atomic E-state index is 0.0347. The number of nitrogens with zero attached hydrogens (tertiary/aromatic N) is 1. The minimum Gasteiger partial charge on any atom is -0.504 e. The number of aromatic hydroxyl groups is 1. The zero-order chi connectivity index (χ0) is 17.5. The molecule has 7 rings (SSSR count). The van der Waals surface area contributed by atoms with Crippen molar-refractivity contribution in [2.24, 2.45) is 16.7 Å². The van der Waals surface area contributed by atoms with E-state index in [-0.39, 0.29) is 16.9 Å². The van der Waals surface area contributed by atoms with Gasteiger partial charge in [-0.1, -0.05) is 19.6 Å². The van der Waals surface area contributed by atoms with Crippen molar-refractivity contribution in [2.75, 3.05) is 13.1 Å². The summed E-state index contributed by atoms with van der Waals surface area (Å²) in [6.07, 6.45) is 7.60. The van der Waals surface area contributed by atoms with E-state index in [2.05, 4.69) is 24.5 Å². The molecule has 136 valence electrons. The summed E-state index contributed by atoms with van der Waals surface area (Å²) >= 11 is 0. The van der Waals surface area contributed by atoms with E-state index in [1.807, 2.05) is 6.07 Å². The highest BCUT2D eigenvalue weighted by Gasteiger charge is 2.80. The molecule has 6 aliphatic rings. The molecule has 0 aromatic heterocycles. The molecule has 5 atom stereocenters. The molecule has 1 aromatic rings. The molecule has 26 heavy (non-hydrogen) atoms. The zero-order valence-corrected chi connectivity index (χ0v) is 15.6. The molecule has 5 unspecified atom stereocenters. The first-order valence-corrected chi connectivity index (χ1v) is 10.4. The van der Waals surface area contributed by atoms with Crippen molar-refractivity contribution in [1.82, 2.24) is 4.90 Å². The van der Waals surface area contributed by atoms with Gasteiger partial charge in [0.25, 0.3) is 0 Å². The largest absolute Gasteiger partial charge is 0.504 e. The molecule has 0 amide bonds. The number of hydrogen-bond donors (Lipinski definition) is 1. The third-order valence-electron chi connectivity index (χ3n) is 9.14. The van der Waals surface area contributed by atoms with E-state index in [1.54, 1.807) is 0 Å². The maximum Gasteiger partial charge on any atom is 0.166 e. The Kier molecular flexibility index (Phi) is 2.25. The molecule has 3 saturated carbocycles. The van der Waals surface area contributed by atoms with Gasteiger partial charge < -0.3 is 9.84 Å². The van der Waals surface area contributed by atoms with Gasteiger partial charge >= 0.3 is 0 Å². The van der Waals surface area contributed by atoms with Gasteiger partial charge in [-0.15, -0.1) is 0 Å². The lowest BCUT2D eigenvalue weighted by Gasteiger charge is -2.59. The number of hydrogen-bond acceptors (Lipinski definition) is 3. The van der Waals surface area contributed by atoms with Gasteiger partial charge in [0.1, 0.15) is 6.10 Å². The van der Waals surface area contributed by atoms with Gasteiger partial charge in [0.2, 0.25) is 0 Å². The molecule has 4 aliphatic carbocycles. The number of likely N-dealkylation sites (tertiary alicyclic amines) is 1. The van der Waals surface area contributed by atoms with Crippen molar-refractivity contribution in [3.8, 4) is 11.5 Å². The smallest absolute Gasteiger partial charge is 0.166 e. The van der Waals surface area contributed by atoms with Crippen molar-refractivity contribution in [3.05, 3.63) is 35.4 Å². The van der Waals surface area contributed by atoms with Crippen LogP contribution in [0.25, 0.3) is 0 Å². The van der Waals surface area contributed by atoms with Crippen molar-refractivity contribution >= 4 is 0 Å². The van der Waals surface area contributed by atoms with Crippen LogP contribution in [-0.4, -0.2) is 35.2 Å². The fourth-order valence-electron chi connectivity index (χ4n) is 8.31. The van der Waals surface area contributed by atoms with Crippen LogP contribution in [0.15, 0.2) is 24.3 Å². The van der Waals surface area contributed by atoms with E-state index in [0.29, 0.717) is 17.2 Å². The lowest BCUT2D eigenvalue weighted by molar-refractivity contribution is -0.104. The van der Waals surface area contributed by atoms with Crippen LogP contribution in [0, 0.1) is 16.7 Å². The first-order chi connectivity index (χ1) is 12.5. The monoisotopic (exact) mass is 349 g/mol. The average Bonchev–Trinajstić information content (AvgIpc) is 3.30. The number of fused-ring (bicyclic) bond motifs is 1. The molecule has 4 fully saturated rings. The Morgan fingerprint density at radius 3 is 3.00 bits per heavy atom. The lowest BCUT2D eigenvalue weighted by Crippen LogP contribution is -2.67. The summed E-state index contributed by atoms with van der Waals surface area (Å²) in [5.74, 6) is 2.06. The second-order valence-corrected chi connectivity index (χ2v) is 10.5. The number of benzene rings is 1. The van der Waals surface area contributed by atoms with Gasteiger partial charge in [-0.25, -0.2) is 0 Å². The maximum absolute atomic E-state index is 10.6. The molecule has 1 N–H and O–H groups in total. The molecule has 2 bridgehead atoms. The van der Waals surface area contributed by atoms with Crippen molar-refractivity contribution in [1.29, 1.82) is 0 Å². The van der Waals surface area contributed by atoms with E-state index < -0.39 is 0 Å². The molecule has 3 heteroatoms. The molecular weight excluding hydrogens is 322 g/mol. The first kappa shape index (κ1) is 14.6. The quantitative estimate of drug-likeness (QED) is 0.825. The fourth-order valence-corrected chi connectivity index (χ4v) is 8.31. The van der Waals surface area contributed by atoms with Crippen LogP contribution in [0.4, 0.5) is 0 Å². The average molecular weight is 349 g/mol. The molecule has 2 spiro atoms. The third-order valence-corrected chi connectivity index (χ3v) is 9.14. The van der Waals surface area contributed by atoms with E-state index >= 15 is 0 Å². The van der Waals surface area contributed by atoms with Crippen LogP contribution < -0.4 is 4.74 Å². The Balaban J connectivity index is 1.48. The Bertz CT molecular complexity index is 888. The van der Waals surface area contributed by atoms with Gasteiger partial charge in [-0.3, -0.25) is 4.90 Å². The van der Waals surface area contributed by atoms with E-state index in [1.165, 1.54) is 61.9 Å². The lowest BCUT2D eigenvalue weighted by atomic mass is 9.52. The highest BCUT2D eigenvalue weighted by atomic mass is 16.5. The summed E-state index contributed by atoms with van der Waals surface area (Å²) in [5.41, 5.74) is 4.74. The molecule has 2 aliphatic heterocycles. The van der Waals surface area contributed by atoms with Crippen LogP contribution in [0.2, 0.25) is 0 Å². The Morgan fingerprint density at radius 2 is 2.19 bits per heavy atom. The highest BCUT2D eigenvalue weighted by Crippen LogP contribution is 2.79. The number of rotatable bonds is 2. The van der Waals surface area contributed by atoms with Crippen LogP contribution in [0.5, 0.6) is 11.5 Å².